The second kappa shape index (κ2) is 15.5. The van der Waals surface area contributed by atoms with Gasteiger partial charge in [0.1, 0.15) is 30.5 Å². The highest BCUT2D eigenvalue weighted by molar-refractivity contribution is 8.26. The molecule has 2 aliphatic rings. The number of rotatable bonds is 12. The molecule has 11 nitrogen and oxygen atoms in total. The Bertz CT molecular complexity index is 1710. The van der Waals surface area contributed by atoms with Gasteiger partial charge < -0.3 is 24.1 Å². The summed E-state index contributed by atoms with van der Waals surface area (Å²) >= 11 is 6.37. The fourth-order valence-corrected chi connectivity index (χ4v) is 5.94. The molecule has 3 aromatic rings. The number of nitrogens with one attached hydrogen (secondary N) is 1. The second-order valence-corrected chi connectivity index (χ2v) is 11.9. The number of nitrogens with zero attached hydrogens (tertiary/aromatic N) is 2. The van der Waals surface area contributed by atoms with Crippen LogP contribution in [-0.2, 0) is 14.3 Å². The molecular weight excluding hydrogens is 656 g/mol. The number of methoxy groups -OCH3 is 1. The molecule has 0 unspecified atom stereocenters. The van der Waals surface area contributed by atoms with E-state index in [9.17, 15) is 23.2 Å². The Morgan fingerprint density at radius 3 is 2.45 bits per heavy atom. The molecule has 5 rings (SSSR count). The van der Waals surface area contributed by atoms with Crippen LogP contribution in [0.3, 0.4) is 0 Å². The maximum atomic E-state index is 14.0. The van der Waals surface area contributed by atoms with Gasteiger partial charge in [0.2, 0.25) is 0 Å². The van der Waals surface area contributed by atoms with Crippen LogP contribution in [0.2, 0.25) is 0 Å². The van der Waals surface area contributed by atoms with E-state index >= 15 is 0 Å². The van der Waals surface area contributed by atoms with Crippen molar-refractivity contribution in [3.8, 4) is 28.4 Å². The average molecular weight is 686 g/mol. The lowest BCUT2D eigenvalue weighted by atomic mass is 10.0. The average Bonchev–Trinajstić information content (AvgIpc) is 3.31. The summed E-state index contributed by atoms with van der Waals surface area (Å²) in [6.07, 6.45) is 1.57. The summed E-state index contributed by atoms with van der Waals surface area (Å²) in [5.41, 5.74) is 3.89. The van der Waals surface area contributed by atoms with Gasteiger partial charge in [-0.2, -0.15) is 0 Å². The van der Waals surface area contributed by atoms with Gasteiger partial charge in [-0.1, -0.05) is 30.0 Å². The molecule has 2 saturated heterocycles. The zero-order chi connectivity index (χ0) is 33.5. The van der Waals surface area contributed by atoms with Gasteiger partial charge in [-0.25, -0.2) is 24.0 Å². The molecule has 47 heavy (non-hydrogen) atoms. The smallest absolute Gasteiger partial charge is 0.335 e. The molecule has 0 bridgehead atoms. The summed E-state index contributed by atoms with van der Waals surface area (Å²) in [6, 6.07) is 12.0. The van der Waals surface area contributed by atoms with Crippen LogP contribution in [0.15, 0.2) is 59.5 Å². The molecule has 0 saturated carbocycles. The number of morpholine rings is 1. The Morgan fingerprint density at radius 2 is 1.74 bits per heavy atom. The molecular formula is C32H29F2N3O8S2. The number of carboxylic acid groups (broad SMARTS) is 1. The van der Waals surface area contributed by atoms with E-state index in [2.05, 4.69) is 10.3 Å². The minimum Gasteiger partial charge on any atom is -0.493 e. The van der Waals surface area contributed by atoms with Crippen LogP contribution in [0.4, 0.5) is 8.78 Å². The number of ether oxygens (including phenoxy) is 4. The molecule has 0 aromatic heterocycles. The van der Waals surface area contributed by atoms with Crippen LogP contribution in [-0.4, -0.2) is 90.3 Å². The molecule has 2 fully saturated rings. The topological polar surface area (TPSA) is 127 Å². The SMILES string of the molecule is COc1cc(C(=O)O)ccc1OC(=O)CNN1C(=O)/C(=C/c2cc(-c3cc(F)cc(F)c3)ccc2OCCN2CCOCC2)SC1=S. The van der Waals surface area contributed by atoms with E-state index < -0.39 is 36.0 Å². The maximum absolute atomic E-state index is 14.0. The Kier molecular flexibility index (Phi) is 11.2. The summed E-state index contributed by atoms with van der Waals surface area (Å²) < 4.78 is 50.0. The van der Waals surface area contributed by atoms with Gasteiger partial charge in [0.05, 0.1) is 30.8 Å². The van der Waals surface area contributed by atoms with Crippen molar-refractivity contribution in [3.63, 3.8) is 0 Å². The summed E-state index contributed by atoms with van der Waals surface area (Å²) in [7, 11) is 1.30. The monoisotopic (exact) mass is 685 g/mol. The number of thioether (sulfide) groups is 1. The predicted molar refractivity (Wildman–Crippen MR) is 173 cm³/mol. The second-order valence-electron chi connectivity index (χ2n) is 10.2. The first-order valence-corrected chi connectivity index (χ1v) is 15.5. The highest BCUT2D eigenvalue weighted by atomic mass is 32.2. The minimum absolute atomic E-state index is 0.00575. The number of hydrazine groups is 1. The zero-order valence-electron chi connectivity index (χ0n) is 25.0. The van der Waals surface area contributed by atoms with Crippen molar-refractivity contribution in [3.05, 3.63) is 82.3 Å². The Morgan fingerprint density at radius 1 is 1.02 bits per heavy atom. The van der Waals surface area contributed by atoms with E-state index in [-0.39, 0.29) is 26.3 Å². The largest absolute Gasteiger partial charge is 0.493 e. The van der Waals surface area contributed by atoms with Crippen LogP contribution in [0.1, 0.15) is 15.9 Å². The van der Waals surface area contributed by atoms with E-state index in [1.54, 1.807) is 24.3 Å². The number of carbonyl (C=O) groups excluding carboxylic acids is 2. The summed E-state index contributed by atoms with van der Waals surface area (Å²) in [5, 5.41) is 10.2. The number of amides is 1. The zero-order valence-corrected chi connectivity index (χ0v) is 26.6. The number of hydrogen-bond donors (Lipinski definition) is 2. The molecule has 0 radical (unpaired) electrons. The van der Waals surface area contributed by atoms with Crippen LogP contribution in [0.5, 0.6) is 17.2 Å². The number of halogens is 2. The Hall–Kier alpha value is -4.41. The lowest BCUT2D eigenvalue weighted by Gasteiger charge is -2.26. The van der Waals surface area contributed by atoms with E-state index in [1.165, 1.54) is 37.4 Å². The van der Waals surface area contributed by atoms with Crippen LogP contribution in [0.25, 0.3) is 17.2 Å². The molecule has 0 spiro atoms. The van der Waals surface area contributed by atoms with Crippen molar-refractivity contribution in [2.75, 3.05) is 53.1 Å². The Balaban J connectivity index is 1.31. The number of esters is 1. The van der Waals surface area contributed by atoms with Gasteiger partial charge in [0.25, 0.3) is 5.91 Å². The van der Waals surface area contributed by atoms with E-state index in [4.69, 9.17) is 36.3 Å². The van der Waals surface area contributed by atoms with Crippen molar-refractivity contribution in [2.45, 2.75) is 0 Å². The lowest BCUT2D eigenvalue weighted by Crippen LogP contribution is -2.44. The van der Waals surface area contributed by atoms with Gasteiger partial charge in [-0.3, -0.25) is 14.5 Å². The van der Waals surface area contributed by atoms with Crippen LogP contribution in [0, 0.1) is 11.6 Å². The fourth-order valence-electron chi connectivity index (χ4n) is 4.73. The predicted octanol–water partition coefficient (Wildman–Crippen LogP) is 4.36. The third kappa shape index (κ3) is 8.69. The molecule has 3 aromatic carbocycles. The van der Waals surface area contributed by atoms with Crippen molar-refractivity contribution in [1.29, 1.82) is 0 Å². The van der Waals surface area contributed by atoms with Crippen LogP contribution < -0.4 is 19.6 Å². The first-order chi connectivity index (χ1) is 22.6. The van der Waals surface area contributed by atoms with Crippen molar-refractivity contribution in [1.82, 2.24) is 15.3 Å². The van der Waals surface area contributed by atoms with Crippen molar-refractivity contribution >= 4 is 52.2 Å². The Labute approximate surface area is 278 Å². The molecule has 2 heterocycles. The van der Waals surface area contributed by atoms with Gasteiger partial charge in [0, 0.05) is 31.3 Å². The number of benzene rings is 3. The minimum atomic E-state index is -1.17. The highest BCUT2D eigenvalue weighted by Gasteiger charge is 2.33. The van der Waals surface area contributed by atoms with Gasteiger partial charge in [0.15, 0.2) is 15.8 Å². The fraction of sp³-hybridized carbons (Fsp3) is 0.250. The van der Waals surface area contributed by atoms with Gasteiger partial charge >= 0.3 is 11.9 Å². The first kappa shape index (κ1) is 33.9. The summed E-state index contributed by atoms with van der Waals surface area (Å²) in [6.45, 7) is 3.40. The standard InChI is InChI=1S/C32H29F2N3O8S2/c1-42-27-15-20(31(40)41)3-5-26(27)45-29(38)18-35-37-30(39)28(47-32(37)46)16-22-12-19(21-13-23(33)17-24(34)14-21)2-4-25(22)44-11-8-36-6-9-43-10-7-36/h2-5,12-17,35H,6-11,18H2,1H3,(H,40,41)/b28-16-. The quantitative estimate of drug-likeness (QED) is 0.122. The third-order valence-corrected chi connectivity index (χ3v) is 8.37. The number of aromatic carboxylic acids is 1. The van der Waals surface area contributed by atoms with E-state index in [0.29, 0.717) is 48.8 Å². The molecule has 15 heteroatoms. The van der Waals surface area contributed by atoms with Crippen LogP contribution >= 0.6 is 24.0 Å². The third-order valence-electron chi connectivity index (χ3n) is 7.07. The molecule has 1 amide bonds. The number of carboxylic acids is 1. The molecule has 0 atom stereocenters. The lowest BCUT2D eigenvalue weighted by molar-refractivity contribution is -0.134. The number of carbonyl (C=O) groups is 3. The molecule has 246 valence electrons. The summed E-state index contributed by atoms with van der Waals surface area (Å²) in [5.74, 6) is -3.49. The molecule has 0 aliphatic carbocycles. The summed E-state index contributed by atoms with van der Waals surface area (Å²) in [4.78, 5) is 39.6. The normalized spacial score (nSPS) is 16.1. The number of hydrogen-bond acceptors (Lipinski definition) is 11. The first-order valence-electron chi connectivity index (χ1n) is 14.3. The molecule has 2 N–H and O–H groups in total. The highest BCUT2D eigenvalue weighted by Crippen LogP contribution is 2.35. The number of thiocarbonyl (C=S) groups is 1. The van der Waals surface area contributed by atoms with E-state index in [1.807, 2.05) is 0 Å². The maximum Gasteiger partial charge on any atom is 0.335 e. The van der Waals surface area contributed by atoms with Gasteiger partial charge in [-0.05, 0) is 59.7 Å². The molecule has 2 aliphatic heterocycles. The van der Waals surface area contributed by atoms with Crippen molar-refractivity contribution < 1.29 is 47.2 Å². The van der Waals surface area contributed by atoms with Gasteiger partial charge in [-0.15, -0.1) is 0 Å². The van der Waals surface area contributed by atoms with E-state index in [0.717, 1.165) is 35.9 Å². The van der Waals surface area contributed by atoms with Crippen molar-refractivity contribution in [2.24, 2.45) is 0 Å².